The molecule has 0 fully saturated rings. The molecule has 0 unspecified atom stereocenters. The molecule has 1 amide bonds. The number of carbonyl (C=O) groups is 1. The highest BCUT2D eigenvalue weighted by atomic mass is 32.2. The van der Waals surface area contributed by atoms with Crippen LogP contribution in [0, 0.1) is 12.7 Å². The quantitative estimate of drug-likeness (QED) is 0.489. The third kappa shape index (κ3) is 4.34. The molecular weight excluding hydrogens is 419 g/mol. The first-order valence-corrected chi connectivity index (χ1v) is 11.2. The number of para-hydroxylation sites is 1. The van der Waals surface area contributed by atoms with E-state index in [4.69, 9.17) is 4.42 Å². The molecular formula is C23H19FN2O4S. The monoisotopic (exact) mass is 438 g/mol. The highest BCUT2D eigenvalue weighted by Gasteiger charge is 2.20. The molecule has 0 saturated heterocycles. The maximum atomic E-state index is 13.8. The van der Waals surface area contributed by atoms with Gasteiger partial charge in [-0.1, -0.05) is 30.3 Å². The molecule has 0 aliphatic carbocycles. The van der Waals surface area contributed by atoms with Crippen LogP contribution in [-0.2, 0) is 9.84 Å². The molecule has 4 aromatic rings. The lowest BCUT2D eigenvalue weighted by Crippen LogP contribution is -2.29. The van der Waals surface area contributed by atoms with Crippen molar-refractivity contribution in [1.29, 1.82) is 0 Å². The number of carbonyl (C=O) groups excluding carboxylic acids is 1. The Labute approximate surface area is 178 Å². The standard InChI is InChI=1S/C23H19FN2O4S/c1-15-10-11-21(30-15)20-14-17(16-6-2-4-8-19(16)26-20)23(27)25-12-13-31(28,29)22-9-5-3-7-18(22)24/h2-11,14H,12-13H2,1H3,(H,25,27). The van der Waals surface area contributed by atoms with Gasteiger partial charge in [-0.25, -0.2) is 17.8 Å². The second-order valence-corrected chi connectivity index (χ2v) is 9.07. The lowest BCUT2D eigenvalue weighted by molar-refractivity contribution is 0.0957. The van der Waals surface area contributed by atoms with Crippen LogP contribution in [0.15, 0.2) is 76.0 Å². The van der Waals surface area contributed by atoms with Gasteiger partial charge in [0.05, 0.1) is 16.8 Å². The predicted octanol–water partition coefficient (Wildman–Crippen LogP) is 4.15. The number of rotatable bonds is 6. The van der Waals surface area contributed by atoms with Crippen LogP contribution in [0.1, 0.15) is 16.1 Å². The van der Waals surface area contributed by atoms with Crippen LogP contribution >= 0.6 is 0 Å². The normalized spacial score (nSPS) is 11.5. The van der Waals surface area contributed by atoms with E-state index in [1.807, 2.05) is 13.0 Å². The Hall–Kier alpha value is -3.52. The zero-order chi connectivity index (χ0) is 22.0. The van der Waals surface area contributed by atoms with Gasteiger partial charge in [0.15, 0.2) is 15.6 Å². The Morgan fingerprint density at radius 2 is 1.81 bits per heavy atom. The van der Waals surface area contributed by atoms with Gasteiger partial charge < -0.3 is 9.73 Å². The van der Waals surface area contributed by atoms with Gasteiger partial charge in [-0.2, -0.15) is 0 Å². The van der Waals surface area contributed by atoms with Crippen LogP contribution in [0.5, 0.6) is 0 Å². The Bertz CT molecular complexity index is 1380. The second-order valence-electron chi connectivity index (χ2n) is 6.99. The summed E-state index contributed by atoms with van der Waals surface area (Å²) in [6, 6.07) is 17.5. The first kappa shape index (κ1) is 20.7. The van der Waals surface area contributed by atoms with Gasteiger partial charge in [-0.05, 0) is 43.3 Å². The smallest absolute Gasteiger partial charge is 0.252 e. The van der Waals surface area contributed by atoms with Crippen molar-refractivity contribution >= 4 is 26.6 Å². The number of hydrogen-bond acceptors (Lipinski definition) is 5. The lowest BCUT2D eigenvalue weighted by Gasteiger charge is -2.10. The largest absolute Gasteiger partial charge is 0.460 e. The number of aryl methyl sites for hydroxylation is 1. The molecule has 1 N–H and O–H groups in total. The fraction of sp³-hybridized carbons (Fsp3) is 0.130. The van der Waals surface area contributed by atoms with Gasteiger partial charge in [-0.15, -0.1) is 0 Å². The van der Waals surface area contributed by atoms with E-state index in [0.29, 0.717) is 33.7 Å². The molecule has 31 heavy (non-hydrogen) atoms. The summed E-state index contributed by atoms with van der Waals surface area (Å²) in [6.07, 6.45) is 0. The van der Waals surface area contributed by atoms with E-state index in [9.17, 15) is 17.6 Å². The summed E-state index contributed by atoms with van der Waals surface area (Å²) in [6.45, 7) is 1.65. The summed E-state index contributed by atoms with van der Waals surface area (Å²) < 4.78 is 44.3. The number of hydrogen-bond donors (Lipinski definition) is 1. The van der Waals surface area contributed by atoms with Gasteiger partial charge >= 0.3 is 0 Å². The van der Waals surface area contributed by atoms with Crippen molar-refractivity contribution in [2.75, 3.05) is 12.3 Å². The third-order valence-corrected chi connectivity index (χ3v) is 6.52. The minimum absolute atomic E-state index is 0.165. The van der Waals surface area contributed by atoms with E-state index in [2.05, 4.69) is 10.3 Å². The number of sulfone groups is 1. The maximum absolute atomic E-state index is 13.8. The van der Waals surface area contributed by atoms with Crippen molar-refractivity contribution in [1.82, 2.24) is 10.3 Å². The van der Waals surface area contributed by atoms with E-state index in [0.717, 1.165) is 6.07 Å². The Morgan fingerprint density at radius 1 is 1.06 bits per heavy atom. The Morgan fingerprint density at radius 3 is 2.55 bits per heavy atom. The zero-order valence-electron chi connectivity index (χ0n) is 16.6. The number of nitrogens with one attached hydrogen (secondary N) is 1. The van der Waals surface area contributed by atoms with Gasteiger partial charge in [-0.3, -0.25) is 4.79 Å². The van der Waals surface area contributed by atoms with E-state index in [1.165, 1.54) is 18.2 Å². The molecule has 0 radical (unpaired) electrons. The second kappa shape index (κ2) is 8.31. The van der Waals surface area contributed by atoms with Crippen molar-refractivity contribution in [2.24, 2.45) is 0 Å². The number of benzene rings is 2. The summed E-state index contributed by atoms with van der Waals surface area (Å²) in [5.41, 5.74) is 1.45. The fourth-order valence-electron chi connectivity index (χ4n) is 3.26. The first-order valence-electron chi connectivity index (χ1n) is 9.57. The molecule has 0 saturated carbocycles. The fourth-order valence-corrected chi connectivity index (χ4v) is 4.50. The number of halogens is 1. The summed E-state index contributed by atoms with van der Waals surface area (Å²) in [7, 11) is -3.88. The number of fused-ring (bicyclic) bond motifs is 1. The van der Waals surface area contributed by atoms with Crippen LogP contribution in [0.4, 0.5) is 4.39 Å². The zero-order valence-corrected chi connectivity index (χ0v) is 17.4. The third-order valence-electron chi connectivity index (χ3n) is 4.78. The van der Waals surface area contributed by atoms with Crippen molar-refractivity contribution in [3.05, 3.63) is 83.9 Å². The molecule has 2 heterocycles. The van der Waals surface area contributed by atoms with Crippen LogP contribution in [0.3, 0.4) is 0 Å². The van der Waals surface area contributed by atoms with Crippen molar-refractivity contribution in [3.8, 4) is 11.5 Å². The van der Waals surface area contributed by atoms with E-state index in [-0.39, 0.29) is 11.4 Å². The number of nitrogens with zero attached hydrogens (tertiary/aromatic N) is 1. The number of aromatic nitrogens is 1. The number of pyridine rings is 1. The molecule has 4 rings (SSSR count). The highest BCUT2D eigenvalue weighted by molar-refractivity contribution is 7.91. The summed E-state index contributed by atoms with van der Waals surface area (Å²) in [5.74, 6) is -0.444. The molecule has 2 aromatic heterocycles. The molecule has 2 aromatic carbocycles. The average Bonchev–Trinajstić information content (AvgIpc) is 3.19. The van der Waals surface area contributed by atoms with Crippen molar-refractivity contribution < 1.29 is 22.0 Å². The van der Waals surface area contributed by atoms with Gasteiger partial charge in [0.25, 0.3) is 5.91 Å². The number of furan rings is 1. The molecule has 0 spiro atoms. The Balaban J connectivity index is 1.58. The average molecular weight is 438 g/mol. The van der Waals surface area contributed by atoms with Crippen LogP contribution in [0.2, 0.25) is 0 Å². The molecule has 0 bridgehead atoms. The van der Waals surface area contributed by atoms with Gasteiger partial charge in [0.2, 0.25) is 0 Å². The minimum Gasteiger partial charge on any atom is -0.460 e. The van der Waals surface area contributed by atoms with Crippen LogP contribution in [-0.4, -0.2) is 31.6 Å². The minimum atomic E-state index is -3.88. The SMILES string of the molecule is Cc1ccc(-c2cc(C(=O)NCCS(=O)(=O)c3ccccc3F)c3ccccc3n2)o1. The van der Waals surface area contributed by atoms with Gasteiger partial charge in [0, 0.05) is 11.9 Å². The van der Waals surface area contributed by atoms with E-state index >= 15 is 0 Å². The van der Waals surface area contributed by atoms with Crippen molar-refractivity contribution in [3.63, 3.8) is 0 Å². The molecule has 8 heteroatoms. The maximum Gasteiger partial charge on any atom is 0.252 e. The highest BCUT2D eigenvalue weighted by Crippen LogP contribution is 2.26. The topological polar surface area (TPSA) is 89.3 Å². The van der Waals surface area contributed by atoms with E-state index in [1.54, 1.807) is 36.4 Å². The summed E-state index contributed by atoms with van der Waals surface area (Å²) >= 11 is 0. The predicted molar refractivity (Wildman–Crippen MR) is 115 cm³/mol. The van der Waals surface area contributed by atoms with Crippen LogP contribution in [0.25, 0.3) is 22.4 Å². The molecule has 0 aliphatic heterocycles. The molecule has 0 atom stereocenters. The molecule has 6 nitrogen and oxygen atoms in total. The van der Waals surface area contributed by atoms with E-state index < -0.39 is 27.3 Å². The first-order chi connectivity index (χ1) is 14.8. The van der Waals surface area contributed by atoms with Crippen molar-refractivity contribution in [2.45, 2.75) is 11.8 Å². The molecule has 158 valence electrons. The van der Waals surface area contributed by atoms with Gasteiger partial charge in [0.1, 0.15) is 22.2 Å². The number of amides is 1. The summed E-state index contributed by atoms with van der Waals surface area (Å²) in [5, 5.41) is 3.25. The summed E-state index contributed by atoms with van der Waals surface area (Å²) in [4.78, 5) is 17.1. The molecule has 0 aliphatic rings. The Kier molecular flexibility index (Phi) is 5.56. The van der Waals surface area contributed by atoms with Crippen LogP contribution < -0.4 is 5.32 Å². The lowest BCUT2D eigenvalue weighted by atomic mass is 10.1.